The zero-order chi connectivity index (χ0) is 27.6. The molecule has 3 aromatic rings. The van der Waals surface area contributed by atoms with Gasteiger partial charge < -0.3 is 19.3 Å². The lowest BCUT2D eigenvalue weighted by Crippen LogP contribution is -2.30. The standard InChI is InChI=1S/C31H33NO6/c1-7-37-26-17-22(11-15-25(26)36-6)28-27(29(33)21-9-12-23(13-10-21)38-18(2)3)30(34)31(35)32(28)24-14-8-19(4)16-20(24)5/h8-18,28,33H,7H2,1-6H3/b29-27+. The average molecular weight is 516 g/mol. The van der Waals surface area contributed by atoms with Crippen molar-refractivity contribution in [1.82, 2.24) is 0 Å². The average Bonchev–Trinajstić information content (AvgIpc) is 3.14. The van der Waals surface area contributed by atoms with Gasteiger partial charge in [0.2, 0.25) is 0 Å². The highest BCUT2D eigenvalue weighted by Gasteiger charge is 2.47. The molecule has 1 heterocycles. The second kappa shape index (κ2) is 11.0. The van der Waals surface area contributed by atoms with Gasteiger partial charge in [-0.15, -0.1) is 0 Å². The molecule has 1 aliphatic rings. The van der Waals surface area contributed by atoms with Gasteiger partial charge in [0.25, 0.3) is 11.7 Å². The Kier molecular flexibility index (Phi) is 7.76. The second-order valence-electron chi connectivity index (χ2n) is 9.49. The molecule has 0 spiro atoms. The molecule has 0 saturated carbocycles. The number of nitrogens with zero attached hydrogens (tertiary/aromatic N) is 1. The summed E-state index contributed by atoms with van der Waals surface area (Å²) in [6, 6.07) is 16.9. The third kappa shape index (κ3) is 5.09. The SMILES string of the molecule is CCOc1cc(C2/C(=C(\O)c3ccc(OC(C)C)cc3)C(=O)C(=O)N2c2ccc(C)cc2C)ccc1OC. The van der Waals surface area contributed by atoms with E-state index >= 15 is 0 Å². The van der Waals surface area contributed by atoms with E-state index in [1.807, 2.05) is 52.8 Å². The predicted molar refractivity (Wildman–Crippen MR) is 147 cm³/mol. The van der Waals surface area contributed by atoms with Crippen LogP contribution in [0.4, 0.5) is 5.69 Å². The summed E-state index contributed by atoms with van der Waals surface area (Å²) in [5, 5.41) is 11.4. The molecule has 1 N–H and O–H groups in total. The van der Waals surface area contributed by atoms with Crippen molar-refractivity contribution in [2.45, 2.75) is 46.8 Å². The van der Waals surface area contributed by atoms with Gasteiger partial charge in [-0.25, -0.2) is 0 Å². The molecule has 0 aromatic heterocycles. The molecule has 0 bridgehead atoms. The number of ketones is 1. The van der Waals surface area contributed by atoms with E-state index in [-0.39, 0.29) is 17.4 Å². The summed E-state index contributed by atoms with van der Waals surface area (Å²) in [5.41, 5.74) is 3.48. The van der Waals surface area contributed by atoms with Crippen LogP contribution in [0, 0.1) is 13.8 Å². The lowest BCUT2D eigenvalue weighted by atomic mass is 9.94. The maximum atomic E-state index is 13.5. The summed E-state index contributed by atoms with van der Waals surface area (Å²) in [5.74, 6) is -0.0830. The lowest BCUT2D eigenvalue weighted by Gasteiger charge is -2.27. The van der Waals surface area contributed by atoms with Crippen molar-refractivity contribution in [2.24, 2.45) is 0 Å². The fourth-order valence-electron chi connectivity index (χ4n) is 4.72. The highest BCUT2D eigenvalue weighted by molar-refractivity contribution is 6.51. The number of hydrogen-bond donors (Lipinski definition) is 1. The molecule has 0 aliphatic carbocycles. The minimum Gasteiger partial charge on any atom is -0.507 e. The van der Waals surface area contributed by atoms with Gasteiger partial charge in [-0.05, 0) is 88.2 Å². The van der Waals surface area contributed by atoms with Gasteiger partial charge in [0, 0.05) is 11.3 Å². The summed E-state index contributed by atoms with van der Waals surface area (Å²) < 4.78 is 16.9. The molecule has 3 aromatic carbocycles. The molecule has 198 valence electrons. The number of ether oxygens (including phenoxy) is 3. The normalized spacial score (nSPS) is 16.7. The minimum atomic E-state index is -0.881. The van der Waals surface area contributed by atoms with E-state index in [9.17, 15) is 14.7 Å². The first kappa shape index (κ1) is 26.8. The van der Waals surface area contributed by atoms with Crippen molar-refractivity contribution in [3.8, 4) is 17.2 Å². The Labute approximate surface area is 223 Å². The highest BCUT2D eigenvalue weighted by Crippen LogP contribution is 2.45. The summed E-state index contributed by atoms with van der Waals surface area (Å²) in [4.78, 5) is 28.5. The number of benzene rings is 3. The van der Waals surface area contributed by atoms with Gasteiger partial charge in [-0.1, -0.05) is 23.8 Å². The Morgan fingerprint density at radius 2 is 1.68 bits per heavy atom. The number of rotatable bonds is 8. The van der Waals surface area contributed by atoms with Gasteiger partial charge in [-0.3, -0.25) is 14.5 Å². The minimum absolute atomic E-state index is 0.000109. The van der Waals surface area contributed by atoms with Gasteiger partial charge in [-0.2, -0.15) is 0 Å². The molecule has 1 aliphatic heterocycles. The van der Waals surface area contributed by atoms with Crippen molar-refractivity contribution in [3.05, 3.63) is 88.5 Å². The molecule has 38 heavy (non-hydrogen) atoms. The van der Waals surface area contributed by atoms with E-state index < -0.39 is 17.7 Å². The van der Waals surface area contributed by atoms with Gasteiger partial charge in [0.05, 0.1) is 31.4 Å². The molecular weight excluding hydrogens is 482 g/mol. The number of carbonyl (C=O) groups is 2. The molecule has 7 nitrogen and oxygen atoms in total. The molecule has 1 atom stereocenters. The number of aliphatic hydroxyl groups excluding tert-OH is 1. The van der Waals surface area contributed by atoms with Crippen molar-refractivity contribution in [3.63, 3.8) is 0 Å². The number of anilines is 1. The van der Waals surface area contributed by atoms with Crippen LogP contribution in [0.1, 0.15) is 49.1 Å². The van der Waals surface area contributed by atoms with Crippen LogP contribution in [0.5, 0.6) is 17.2 Å². The van der Waals surface area contributed by atoms with E-state index in [4.69, 9.17) is 14.2 Å². The number of methoxy groups -OCH3 is 1. The van der Waals surface area contributed by atoms with E-state index in [1.54, 1.807) is 49.6 Å². The first-order valence-electron chi connectivity index (χ1n) is 12.6. The Morgan fingerprint density at radius 3 is 2.29 bits per heavy atom. The highest BCUT2D eigenvalue weighted by atomic mass is 16.5. The van der Waals surface area contributed by atoms with Crippen molar-refractivity contribution in [2.75, 3.05) is 18.6 Å². The quantitative estimate of drug-likeness (QED) is 0.221. The van der Waals surface area contributed by atoms with Crippen LogP contribution in [0.2, 0.25) is 0 Å². The van der Waals surface area contributed by atoms with Crippen LogP contribution in [-0.4, -0.2) is 36.6 Å². The Hall–Kier alpha value is -4.26. The molecule has 0 radical (unpaired) electrons. The number of Topliss-reactive ketones (excluding diaryl/α,β-unsaturated/α-hetero) is 1. The zero-order valence-corrected chi connectivity index (χ0v) is 22.6. The Balaban J connectivity index is 1.92. The van der Waals surface area contributed by atoms with Crippen LogP contribution in [0.15, 0.2) is 66.2 Å². The molecule has 1 amide bonds. The summed E-state index contributed by atoms with van der Waals surface area (Å²) >= 11 is 0. The van der Waals surface area contributed by atoms with Crippen LogP contribution in [-0.2, 0) is 9.59 Å². The first-order valence-corrected chi connectivity index (χ1v) is 12.6. The molecule has 4 rings (SSSR count). The maximum absolute atomic E-state index is 13.5. The largest absolute Gasteiger partial charge is 0.507 e. The summed E-state index contributed by atoms with van der Waals surface area (Å²) in [6.07, 6.45) is -0.00729. The predicted octanol–water partition coefficient (Wildman–Crippen LogP) is 6.12. The summed E-state index contributed by atoms with van der Waals surface area (Å²) in [7, 11) is 1.55. The Morgan fingerprint density at radius 1 is 0.974 bits per heavy atom. The monoisotopic (exact) mass is 515 g/mol. The van der Waals surface area contributed by atoms with Crippen LogP contribution in [0.3, 0.4) is 0 Å². The lowest BCUT2D eigenvalue weighted by molar-refractivity contribution is -0.132. The van der Waals surface area contributed by atoms with E-state index in [0.29, 0.717) is 40.7 Å². The first-order chi connectivity index (χ1) is 18.2. The van der Waals surface area contributed by atoms with E-state index in [2.05, 4.69) is 0 Å². The topological polar surface area (TPSA) is 85.3 Å². The smallest absolute Gasteiger partial charge is 0.300 e. The molecule has 7 heteroatoms. The van der Waals surface area contributed by atoms with Crippen molar-refractivity contribution >= 4 is 23.1 Å². The number of aliphatic hydroxyl groups is 1. The van der Waals surface area contributed by atoms with Gasteiger partial charge >= 0.3 is 0 Å². The second-order valence-corrected chi connectivity index (χ2v) is 9.49. The molecule has 1 saturated heterocycles. The van der Waals surface area contributed by atoms with Crippen LogP contribution in [0.25, 0.3) is 5.76 Å². The number of carbonyl (C=O) groups excluding carboxylic acids is 2. The van der Waals surface area contributed by atoms with Crippen molar-refractivity contribution in [1.29, 1.82) is 0 Å². The number of amides is 1. The zero-order valence-electron chi connectivity index (χ0n) is 22.6. The molecular formula is C31H33NO6. The van der Waals surface area contributed by atoms with Crippen LogP contribution >= 0.6 is 0 Å². The fourth-order valence-corrected chi connectivity index (χ4v) is 4.72. The maximum Gasteiger partial charge on any atom is 0.300 e. The Bertz CT molecular complexity index is 1390. The molecule has 1 unspecified atom stereocenters. The van der Waals surface area contributed by atoms with Gasteiger partial charge in [0.15, 0.2) is 11.5 Å². The number of aryl methyl sites for hydroxylation is 2. The van der Waals surface area contributed by atoms with Crippen molar-refractivity contribution < 1.29 is 28.9 Å². The van der Waals surface area contributed by atoms with E-state index in [0.717, 1.165) is 11.1 Å². The van der Waals surface area contributed by atoms with Gasteiger partial charge in [0.1, 0.15) is 11.5 Å². The fraction of sp³-hybridized carbons (Fsp3) is 0.290. The number of hydrogen-bond acceptors (Lipinski definition) is 6. The third-order valence-corrected chi connectivity index (χ3v) is 6.36. The van der Waals surface area contributed by atoms with Crippen LogP contribution < -0.4 is 19.1 Å². The third-order valence-electron chi connectivity index (χ3n) is 6.36. The summed E-state index contributed by atoms with van der Waals surface area (Å²) in [6.45, 7) is 9.97. The van der Waals surface area contributed by atoms with E-state index in [1.165, 1.54) is 4.90 Å². The molecule has 1 fully saturated rings.